The van der Waals surface area contributed by atoms with Crippen LogP contribution in [-0.4, -0.2) is 26.8 Å². The van der Waals surface area contributed by atoms with E-state index in [2.05, 4.69) is 5.32 Å². The zero-order valence-corrected chi connectivity index (χ0v) is 19.2. The average Bonchev–Trinajstić information content (AvgIpc) is 2.82. The van der Waals surface area contributed by atoms with Gasteiger partial charge in [0.1, 0.15) is 11.8 Å². The van der Waals surface area contributed by atoms with Crippen molar-refractivity contribution in [1.82, 2.24) is 0 Å². The monoisotopic (exact) mass is 477 g/mol. The molecule has 0 saturated heterocycles. The number of nitrogens with two attached hydrogens (primary N) is 1. The predicted octanol–water partition coefficient (Wildman–Crippen LogP) is 3.47. The number of hydrogen-bond donors (Lipinski definition) is 2. The van der Waals surface area contributed by atoms with Gasteiger partial charge in [0.05, 0.1) is 22.9 Å². The van der Waals surface area contributed by atoms with E-state index in [-0.39, 0.29) is 10.6 Å². The quantitative estimate of drug-likeness (QED) is 0.527. The molecule has 9 heteroatoms. The number of hydrogen-bond acceptors (Lipinski definition) is 5. The van der Waals surface area contributed by atoms with Crippen LogP contribution in [0.4, 0.5) is 11.4 Å². The Morgan fingerprint density at radius 3 is 2.44 bits per heavy atom. The van der Waals surface area contributed by atoms with Crippen molar-refractivity contribution in [2.75, 3.05) is 16.8 Å². The van der Waals surface area contributed by atoms with E-state index in [4.69, 9.17) is 9.88 Å². The number of benzene rings is 3. The lowest BCUT2D eigenvalue weighted by Crippen LogP contribution is -2.44. The van der Waals surface area contributed by atoms with Crippen molar-refractivity contribution in [1.29, 1.82) is 0 Å². The molecule has 0 bridgehead atoms. The van der Waals surface area contributed by atoms with Crippen molar-refractivity contribution in [3.63, 3.8) is 0 Å². The molecule has 1 heterocycles. The number of carbonyl (C=O) groups excluding carboxylic acids is 2. The Morgan fingerprint density at radius 1 is 1.09 bits per heavy atom. The molecule has 3 N–H and O–H groups in total. The van der Waals surface area contributed by atoms with Crippen LogP contribution < -0.4 is 20.1 Å². The minimum atomic E-state index is -3.99. The Labute approximate surface area is 197 Å². The van der Waals surface area contributed by atoms with E-state index >= 15 is 0 Å². The molecule has 0 aliphatic carbocycles. The van der Waals surface area contributed by atoms with Crippen LogP contribution in [-0.2, 0) is 19.6 Å². The number of nitrogens with zero attached hydrogens (tertiary/aromatic N) is 1. The molecule has 34 heavy (non-hydrogen) atoms. The summed E-state index contributed by atoms with van der Waals surface area (Å²) in [5.74, 6) is -0.183. The second kappa shape index (κ2) is 9.50. The highest BCUT2D eigenvalue weighted by atomic mass is 32.2. The van der Waals surface area contributed by atoms with Crippen LogP contribution in [0.2, 0.25) is 0 Å². The number of carbonyl (C=O) groups is 2. The molecule has 2 amide bonds. The third kappa shape index (κ3) is 4.85. The van der Waals surface area contributed by atoms with Crippen LogP contribution in [0.15, 0.2) is 83.8 Å². The summed E-state index contributed by atoms with van der Waals surface area (Å²) in [5.41, 5.74) is 1.94. The Bertz CT molecular complexity index is 1350. The Hall–Kier alpha value is -3.95. The number of rotatable bonds is 6. The van der Waals surface area contributed by atoms with E-state index in [9.17, 15) is 18.0 Å². The molecule has 1 aliphatic heterocycles. The van der Waals surface area contributed by atoms with Gasteiger partial charge < -0.3 is 10.1 Å². The highest BCUT2D eigenvalue weighted by molar-refractivity contribution is 7.89. The van der Waals surface area contributed by atoms with Crippen molar-refractivity contribution in [2.24, 2.45) is 5.14 Å². The number of primary sulfonamides is 1. The maximum Gasteiger partial charge on any atom is 0.252 e. The first-order chi connectivity index (χ1) is 16.3. The molecule has 0 radical (unpaired) electrons. The lowest BCUT2D eigenvalue weighted by atomic mass is 10.00. The van der Waals surface area contributed by atoms with Gasteiger partial charge in [-0.25, -0.2) is 13.6 Å². The number of nitrogens with one attached hydrogen (secondary N) is 1. The maximum absolute atomic E-state index is 13.4. The molecule has 1 unspecified atom stereocenters. The fourth-order valence-electron chi connectivity index (χ4n) is 3.73. The van der Waals surface area contributed by atoms with Gasteiger partial charge in [-0.15, -0.1) is 0 Å². The molecule has 1 atom stereocenters. The largest absolute Gasteiger partial charge is 0.494 e. The van der Waals surface area contributed by atoms with Gasteiger partial charge in [-0.3, -0.25) is 14.5 Å². The summed E-state index contributed by atoms with van der Waals surface area (Å²) < 4.78 is 29.0. The zero-order valence-electron chi connectivity index (χ0n) is 18.3. The molecule has 0 saturated carbocycles. The van der Waals surface area contributed by atoms with Gasteiger partial charge in [-0.1, -0.05) is 42.5 Å². The second-order valence-electron chi connectivity index (χ2n) is 7.57. The van der Waals surface area contributed by atoms with Crippen LogP contribution >= 0.6 is 0 Å². The smallest absolute Gasteiger partial charge is 0.252 e. The normalized spacial score (nSPS) is 15.6. The van der Waals surface area contributed by atoms with E-state index in [1.807, 2.05) is 25.1 Å². The lowest BCUT2D eigenvalue weighted by molar-refractivity contribution is -0.121. The van der Waals surface area contributed by atoms with E-state index in [0.717, 1.165) is 11.3 Å². The summed E-state index contributed by atoms with van der Waals surface area (Å²) in [6.45, 7) is 2.45. The van der Waals surface area contributed by atoms with Crippen LogP contribution in [0.25, 0.3) is 6.08 Å². The van der Waals surface area contributed by atoms with E-state index in [1.54, 1.807) is 42.5 Å². The van der Waals surface area contributed by atoms with Crippen molar-refractivity contribution < 1.29 is 22.7 Å². The number of sulfonamides is 1. The fourth-order valence-corrected chi connectivity index (χ4v) is 4.27. The summed E-state index contributed by atoms with van der Waals surface area (Å²) in [4.78, 5) is 27.7. The second-order valence-corrected chi connectivity index (χ2v) is 9.13. The summed E-state index contributed by atoms with van der Waals surface area (Å²) in [6.07, 6.45) is 3.02. The van der Waals surface area contributed by atoms with Crippen molar-refractivity contribution >= 4 is 39.3 Å². The van der Waals surface area contributed by atoms with Gasteiger partial charge in [0.15, 0.2) is 0 Å². The molecule has 3 aromatic carbocycles. The lowest BCUT2D eigenvalue weighted by Gasteiger charge is -2.36. The topological polar surface area (TPSA) is 119 Å². The third-order valence-corrected chi connectivity index (χ3v) is 6.19. The van der Waals surface area contributed by atoms with Crippen molar-refractivity contribution in [2.45, 2.75) is 17.9 Å². The summed E-state index contributed by atoms with van der Waals surface area (Å²) in [6, 6.07) is 19.2. The molecule has 0 spiro atoms. The first kappa shape index (κ1) is 23.2. The molecular weight excluding hydrogens is 454 g/mol. The number of anilines is 2. The fraction of sp³-hybridized carbons (Fsp3) is 0.120. The Morgan fingerprint density at radius 2 is 1.79 bits per heavy atom. The predicted molar refractivity (Wildman–Crippen MR) is 130 cm³/mol. The standard InChI is InChI=1S/C25H23N3O5S/c1-2-33-19-11-8-17(9-12-19)10-15-23(29)28-22-14-13-20(34(26,31)32)16-21(22)27-25(30)24(28)18-6-4-3-5-7-18/h3-16,24H,2H2,1H3,(H,27,30)(H2,26,31,32)/b15-10+. The highest BCUT2D eigenvalue weighted by Crippen LogP contribution is 2.39. The van der Waals surface area contributed by atoms with Gasteiger partial charge in [-0.05, 0) is 54.5 Å². The molecule has 1 aliphatic rings. The van der Waals surface area contributed by atoms with E-state index < -0.39 is 27.9 Å². The van der Waals surface area contributed by atoms with Crippen LogP contribution in [0, 0.1) is 0 Å². The molecule has 174 valence electrons. The molecule has 3 aromatic rings. The molecule has 8 nitrogen and oxygen atoms in total. The summed E-state index contributed by atoms with van der Waals surface area (Å²) in [7, 11) is -3.99. The van der Waals surface area contributed by atoms with Crippen LogP contribution in [0.5, 0.6) is 5.75 Å². The average molecular weight is 478 g/mol. The number of fused-ring (bicyclic) bond motifs is 1. The van der Waals surface area contributed by atoms with E-state index in [1.165, 1.54) is 29.2 Å². The number of ether oxygens (including phenoxy) is 1. The van der Waals surface area contributed by atoms with Gasteiger partial charge in [0.2, 0.25) is 10.0 Å². The molecule has 0 fully saturated rings. The van der Waals surface area contributed by atoms with Crippen molar-refractivity contribution in [3.8, 4) is 5.75 Å². The summed E-state index contributed by atoms with van der Waals surface area (Å²) >= 11 is 0. The first-order valence-corrected chi connectivity index (χ1v) is 12.1. The van der Waals surface area contributed by atoms with Gasteiger partial charge >= 0.3 is 0 Å². The highest BCUT2D eigenvalue weighted by Gasteiger charge is 2.37. The van der Waals surface area contributed by atoms with Gasteiger partial charge in [0.25, 0.3) is 11.8 Å². The molecule has 0 aromatic heterocycles. The Balaban J connectivity index is 1.74. The molecular formula is C25H23N3O5S. The SMILES string of the molecule is CCOc1ccc(/C=C/C(=O)N2c3ccc(S(N)(=O)=O)cc3NC(=O)C2c2ccccc2)cc1. The number of amides is 2. The van der Waals surface area contributed by atoms with Crippen LogP contribution in [0.3, 0.4) is 0 Å². The molecule has 4 rings (SSSR count). The van der Waals surface area contributed by atoms with Gasteiger partial charge in [0, 0.05) is 6.08 Å². The van der Waals surface area contributed by atoms with Crippen molar-refractivity contribution in [3.05, 3.63) is 90.0 Å². The Kier molecular flexibility index (Phi) is 6.49. The summed E-state index contributed by atoms with van der Waals surface area (Å²) in [5, 5.41) is 7.94. The first-order valence-electron chi connectivity index (χ1n) is 10.5. The van der Waals surface area contributed by atoms with Gasteiger partial charge in [-0.2, -0.15) is 0 Å². The van der Waals surface area contributed by atoms with E-state index in [0.29, 0.717) is 17.9 Å². The maximum atomic E-state index is 13.4. The van der Waals surface area contributed by atoms with Crippen LogP contribution in [0.1, 0.15) is 24.1 Å². The zero-order chi connectivity index (χ0) is 24.3. The minimum Gasteiger partial charge on any atom is -0.494 e. The minimum absolute atomic E-state index is 0.165. The third-order valence-electron chi connectivity index (χ3n) is 5.28.